The van der Waals surface area contributed by atoms with Crippen LogP contribution in [0, 0.1) is 6.92 Å². The molecule has 1 aromatic rings. The van der Waals surface area contributed by atoms with Gasteiger partial charge in [-0.1, -0.05) is 6.07 Å². The van der Waals surface area contributed by atoms with Crippen molar-refractivity contribution in [2.75, 3.05) is 25.6 Å². The van der Waals surface area contributed by atoms with Crippen LogP contribution in [0.15, 0.2) is 23.1 Å². The van der Waals surface area contributed by atoms with Crippen LogP contribution >= 0.6 is 0 Å². The molecule has 1 aliphatic rings. The number of aryl methyl sites for hydroxylation is 1. The second-order valence-electron chi connectivity index (χ2n) is 5.49. The van der Waals surface area contributed by atoms with Crippen molar-refractivity contribution in [2.24, 2.45) is 0 Å². The average Bonchev–Trinajstić information content (AvgIpc) is 2.86. The van der Waals surface area contributed by atoms with Crippen LogP contribution < -0.4 is 9.62 Å². The molecule has 1 saturated heterocycles. The van der Waals surface area contributed by atoms with Gasteiger partial charge in [0, 0.05) is 26.4 Å². The van der Waals surface area contributed by atoms with Gasteiger partial charge in [0.15, 0.2) is 6.10 Å². The summed E-state index contributed by atoms with van der Waals surface area (Å²) in [6, 6.07) is 4.05. The number of rotatable bonds is 5. The van der Waals surface area contributed by atoms with Crippen LogP contribution in [0.25, 0.3) is 0 Å². The summed E-state index contributed by atoms with van der Waals surface area (Å²) in [5, 5.41) is 9.04. The van der Waals surface area contributed by atoms with Gasteiger partial charge in [-0.15, -0.1) is 0 Å². The molecule has 7 nitrogen and oxygen atoms in total. The van der Waals surface area contributed by atoms with E-state index in [-0.39, 0.29) is 11.5 Å². The number of ether oxygens (including phenoxy) is 1. The fourth-order valence-corrected chi connectivity index (χ4v) is 3.75. The first-order valence-electron chi connectivity index (χ1n) is 6.87. The number of nitrogens with zero attached hydrogens (tertiary/aromatic N) is 1. The van der Waals surface area contributed by atoms with Crippen LogP contribution in [0.1, 0.15) is 12.0 Å². The molecule has 2 rings (SSSR count). The maximum absolute atomic E-state index is 12.5. The van der Waals surface area contributed by atoms with E-state index in [1.54, 1.807) is 12.1 Å². The third-order valence-corrected chi connectivity index (χ3v) is 5.10. The molecular formula is C14H20N2O5S. The molecule has 0 radical (unpaired) electrons. The van der Waals surface area contributed by atoms with Crippen molar-refractivity contribution >= 4 is 21.7 Å². The summed E-state index contributed by atoms with van der Waals surface area (Å²) in [5.41, 5.74) is 1.75. The van der Waals surface area contributed by atoms with Crippen LogP contribution in [0.5, 0.6) is 0 Å². The van der Waals surface area contributed by atoms with Gasteiger partial charge in [0.2, 0.25) is 10.0 Å². The first-order chi connectivity index (χ1) is 10.2. The molecule has 2 N–H and O–H groups in total. The zero-order valence-corrected chi connectivity index (χ0v) is 13.6. The van der Waals surface area contributed by atoms with Gasteiger partial charge in [0.1, 0.15) is 0 Å². The minimum Gasteiger partial charge on any atom is -0.479 e. The van der Waals surface area contributed by atoms with Gasteiger partial charge in [-0.3, -0.25) is 0 Å². The number of carbonyl (C=O) groups is 1. The van der Waals surface area contributed by atoms with Gasteiger partial charge < -0.3 is 14.7 Å². The number of hydrogen-bond acceptors (Lipinski definition) is 5. The maximum atomic E-state index is 12.5. The minimum atomic E-state index is -3.80. The number of benzene rings is 1. The molecule has 1 fully saturated rings. The Morgan fingerprint density at radius 1 is 1.41 bits per heavy atom. The van der Waals surface area contributed by atoms with Crippen molar-refractivity contribution in [2.45, 2.75) is 30.4 Å². The van der Waals surface area contributed by atoms with E-state index in [2.05, 4.69) is 4.72 Å². The lowest BCUT2D eigenvalue weighted by Crippen LogP contribution is -2.44. The van der Waals surface area contributed by atoms with Crippen LogP contribution in [-0.4, -0.2) is 52.3 Å². The fraction of sp³-hybridized carbons (Fsp3) is 0.500. The van der Waals surface area contributed by atoms with Gasteiger partial charge in [-0.2, -0.15) is 0 Å². The van der Waals surface area contributed by atoms with Crippen molar-refractivity contribution in [3.63, 3.8) is 0 Å². The first-order valence-corrected chi connectivity index (χ1v) is 8.35. The monoisotopic (exact) mass is 328 g/mol. The Bertz CT molecular complexity index is 672. The number of hydrogen-bond donors (Lipinski definition) is 2. The molecule has 0 bridgehead atoms. The van der Waals surface area contributed by atoms with Gasteiger partial charge in [-0.05, 0) is 31.0 Å². The van der Waals surface area contributed by atoms with Crippen LogP contribution in [-0.2, 0) is 19.6 Å². The number of carboxylic acids is 1. The lowest BCUT2D eigenvalue weighted by Gasteiger charge is -2.19. The summed E-state index contributed by atoms with van der Waals surface area (Å²) in [6.07, 6.45) is -0.809. The normalized spacial score (nSPS) is 21.8. The second kappa shape index (κ2) is 6.23. The zero-order chi connectivity index (χ0) is 16.5. The Morgan fingerprint density at radius 2 is 2.09 bits per heavy atom. The van der Waals surface area contributed by atoms with Crippen LogP contribution in [0.4, 0.5) is 5.69 Å². The number of carboxylic acid groups (broad SMARTS) is 1. The van der Waals surface area contributed by atoms with Crippen molar-refractivity contribution in [3.05, 3.63) is 23.8 Å². The van der Waals surface area contributed by atoms with Crippen LogP contribution in [0.2, 0.25) is 0 Å². The standard InChI is InChI=1S/C14H20N2O5S/c1-9-4-5-10(8-12(9)16(2)3)22(19,20)15-11-6-7-21-13(11)14(17)18/h4-5,8,11,13,15H,6-7H2,1-3H3,(H,17,18)/t11-,13+/m1/s1. The predicted molar refractivity (Wildman–Crippen MR) is 81.6 cm³/mol. The summed E-state index contributed by atoms with van der Waals surface area (Å²) >= 11 is 0. The highest BCUT2D eigenvalue weighted by Crippen LogP contribution is 2.23. The molecule has 0 unspecified atom stereocenters. The molecule has 0 saturated carbocycles. The Labute approximate surface area is 129 Å². The molecule has 2 atom stereocenters. The fourth-order valence-electron chi connectivity index (χ4n) is 2.46. The smallest absolute Gasteiger partial charge is 0.334 e. The van der Waals surface area contributed by atoms with Crippen molar-refractivity contribution in [3.8, 4) is 0 Å². The molecule has 1 aromatic carbocycles. The Morgan fingerprint density at radius 3 is 2.68 bits per heavy atom. The summed E-state index contributed by atoms with van der Waals surface area (Å²) in [6.45, 7) is 2.12. The highest BCUT2D eigenvalue weighted by Gasteiger charge is 2.37. The van der Waals surface area contributed by atoms with E-state index in [0.717, 1.165) is 11.3 Å². The lowest BCUT2D eigenvalue weighted by molar-refractivity contribution is -0.147. The van der Waals surface area contributed by atoms with Gasteiger partial charge >= 0.3 is 5.97 Å². The van der Waals surface area contributed by atoms with E-state index in [0.29, 0.717) is 6.42 Å². The van der Waals surface area contributed by atoms with E-state index in [4.69, 9.17) is 9.84 Å². The van der Waals surface area contributed by atoms with Crippen molar-refractivity contribution in [1.29, 1.82) is 0 Å². The molecular weight excluding hydrogens is 308 g/mol. The number of sulfonamides is 1. The van der Waals surface area contributed by atoms with E-state index >= 15 is 0 Å². The number of nitrogens with one attached hydrogen (secondary N) is 1. The van der Waals surface area contributed by atoms with Gasteiger partial charge in [0.05, 0.1) is 10.9 Å². The molecule has 0 spiro atoms. The average molecular weight is 328 g/mol. The third kappa shape index (κ3) is 3.40. The SMILES string of the molecule is Cc1ccc(S(=O)(=O)N[C@@H]2CCO[C@@H]2C(=O)O)cc1N(C)C. The van der Waals surface area contributed by atoms with Crippen molar-refractivity contribution < 1.29 is 23.1 Å². The Kier molecular flexibility index (Phi) is 4.74. The lowest BCUT2D eigenvalue weighted by atomic mass is 10.1. The third-order valence-electron chi connectivity index (χ3n) is 3.61. The quantitative estimate of drug-likeness (QED) is 0.821. The summed E-state index contributed by atoms with van der Waals surface area (Å²) in [5.74, 6) is -1.16. The molecule has 0 aliphatic carbocycles. The van der Waals surface area contributed by atoms with Gasteiger partial charge in [-0.25, -0.2) is 17.9 Å². The molecule has 22 heavy (non-hydrogen) atoms. The molecule has 8 heteroatoms. The van der Waals surface area contributed by atoms with Crippen LogP contribution in [0.3, 0.4) is 0 Å². The molecule has 122 valence electrons. The predicted octanol–water partition coefficient (Wildman–Crippen LogP) is 0.581. The minimum absolute atomic E-state index is 0.109. The van der Waals surface area contributed by atoms with Gasteiger partial charge in [0.25, 0.3) is 0 Å². The Hall–Kier alpha value is -1.64. The highest BCUT2D eigenvalue weighted by atomic mass is 32.2. The topological polar surface area (TPSA) is 95.9 Å². The molecule has 0 aromatic heterocycles. The summed E-state index contributed by atoms with van der Waals surface area (Å²) in [4.78, 5) is 13.0. The molecule has 0 amide bonds. The molecule has 1 heterocycles. The summed E-state index contributed by atoms with van der Waals surface area (Å²) in [7, 11) is -0.141. The second-order valence-corrected chi connectivity index (χ2v) is 7.20. The maximum Gasteiger partial charge on any atom is 0.334 e. The van der Waals surface area contributed by atoms with E-state index in [1.165, 1.54) is 6.07 Å². The Balaban J connectivity index is 2.27. The largest absolute Gasteiger partial charge is 0.479 e. The highest BCUT2D eigenvalue weighted by molar-refractivity contribution is 7.89. The number of anilines is 1. The van der Waals surface area contributed by atoms with Crippen molar-refractivity contribution in [1.82, 2.24) is 4.72 Å². The van der Waals surface area contributed by atoms with E-state index in [1.807, 2.05) is 25.9 Å². The molecule has 1 aliphatic heterocycles. The van der Waals surface area contributed by atoms with E-state index < -0.39 is 28.1 Å². The first kappa shape index (κ1) is 16.7. The summed E-state index contributed by atoms with van der Waals surface area (Å²) < 4.78 is 32.4. The number of aliphatic carboxylic acids is 1. The zero-order valence-electron chi connectivity index (χ0n) is 12.7. The van der Waals surface area contributed by atoms with E-state index in [9.17, 15) is 13.2 Å².